The van der Waals surface area contributed by atoms with E-state index in [2.05, 4.69) is 109 Å². The second-order valence-corrected chi connectivity index (χ2v) is 11.5. The molecule has 0 saturated heterocycles. The summed E-state index contributed by atoms with van der Waals surface area (Å²) in [4.78, 5) is 5.34. The summed E-state index contributed by atoms with van der Waals surface area (Å²) in [5, 5.41) is 0. The third-order valence-corrected chi connectivity index (χ3v) is 9.76. The molecule has 156 valence electrons. The molecule has 0 radical (unpaired) electrons. The summed E-state index contributed by atoms with van der Waals surface area (Å²) < 4.78 is 0. The van der Waals surface area contributed by atoms with Crippen molar-refractivity contribution in [1.29, 1.82) is 0 Å². The van der Waals surface area contributed by atoms with Crippen molar-refractivity contribution in [3.05, 3.63) is 120 Å². The Hall–Kier alpha value is -1.72. The second kappa shape index (κ2) is 12.4. The average molecular weight is 477 g/mol. The lowest BCUT2D eigenvalue weighted by Gasteiger charge is -2.11. The van der Waals surface area contributed by atoms with Crippen molar-refractivity contribution in [3.8, 4) is 0 Å². The predicted molar refractivity (Wildman–Crippen MR) is 141 cm³/mol. The van der Waals surface area contributed by atoms with Gasteiger partial charge in [-0.05, 0) is 66.8 Å². The topological polar surface area (TPSA) is 0 Å². The molecule has 0 aliphatic heterocycles. The number of aryl methyl sites for hydroxylation is 2. The lowest BCUT2D eigenvalue weighted by atomic mass is 10.0. The molecule has 0 aliphatic carbocycles. The SMILES string of the molecule is c1ccc(SSc2ccccc2CCCc2ccccc2SSc2ccccc2)cc1. The summed E-state index contributed by atoms with van der Waals surface area (Å²) in [6, 6.07) is 38.9. The van der Waals surface area contributed by atoms with Gasteiger partial charge in [-0.25, -0.2) is 0 Å². The molecule has 31 heavy (non-hydrogen) atoms. The fourth-order valence-corrected chi connectivity index (χ4v) is 7.68. The van der Waals surface area contributed by atoms with Crippen LogP contribution >= 0.6 is 43.2 Å². The van der Waals surface area contributed by atoms with Crippen molar-refractivity contribution in [2.75, 3.05) is 0 Å². The third-order valence-electron chi connectivity index (χ3n) is 4.78. The van der Waals surface area contributed by atoms with Gasteiger partial charge >= 0.3 is 0 Å². The van der Waals surface area contributed by atoms with Crippen LogP contribution in [0.15, 0.2) is 129 Å². The van der Waals surface area contributed by atoms with E-state index in [0.717, 1.165) is 19.3 Å². The average Bonchev–Trinajstić information content (AvgIpc) is 2.84. The van der Waals surface area contributed by atoms with E-state index in [0.29, 0.717) is 0 Å². The molecule has 0 aromatic heterocycles. The van der Waals surface area contributed by atoms with Gasteiger partial charge in [-0.2, -0.15) is 0 Å². The van der Waals surface area contributed by atoms with Gasteiger partial charge in [0, 0.05) is 19.6 Å². The minimum Gasteiger partial charge on any atom is -0.0622 e. The molecule has 0 heterocycles. The first-order valence-electron chi connectivity index (χ1n) is 10.3. The Morgan fingerprint density at radius 3 is 1.23 bits per heavy atom. The van der Waals surface area contributed by atoms with Crippen LogP contribution in [0.1, 0.15) is 17.5 Å². The minimum absolute atomic E-state index is 1.10. The Labute approximate surface area is 201 Å². The second-order valence-electron chi connectivity index (χ2n) is 7.03. The van der Waals surface area contributed by atoms with Gasteiger partial charge in [0.25, 0.3) is 0 Å². The largest absolute Gasteiger partial charge is 0.0622 e. The van der Waals surface area contributed by atoms with Crippen molar-refractivity contribution in [3.63, 3.8) is 0 Å². The van der Waals surface area contributed by atoms with Crippen LogP contribution in [0, 0.1) is 0 Å². The van der Waals surface area contributed by atoms with Crippen molar-refractivity contribution in [1.82, 2.24) is 0 Å². The Kier molecular flexibility index (Phi) is 8.95. The van der Waals surface area contributed by atoms with Crippen LogP contribution < -0.4 is 0 Å². The monoisotopic (exact) mass is 476 g/mol. The fraction of sp³-hybridized carbons (Fsp3) is 0.111. The first kappa shape index (κ1) is 22.5. The van der Waals surface area contributed by atoms with Gasteiger partial charge in [-0.1, -0.05) is 116 Å². The van der Waals surface area contributed by atoms with Gasteiger partial charge in [0.1, 0.15) is 0 Å². The van der Waals surface area contributed by atoms with E-state index in [9.17, 15) is 0 Å². The predicted octanol–water partition coefficient (Wildman–Crippen LogP) is 9.46. The van der Waals surface area contributed by atoms with E-state index in [1.165, 1.54) is 30.7 Å². The lowest BCUT2D eigenvalue weighted by Crippen LogP contribution is -1.93. The van der Waals surface area contributed by atoms with E-state index < -0.39 is 0 Å². The highest BCUT2D eigenvalue weighted by atomic mass is 33.1. The molecule has 0 bridgehead atoms. The Balaban J connectivity index is 1.33. The maximum absolute atomic E-state index is 2.28. The van der Waals surface area contributed by atoms with Gasteiger partial charge in [0.15, 0.2) is 0 Å². The van der Waals surface area contributed by atoms with Gasteiger partial charge in [0.05, 0.1) is 0 Å². The van der Waals surface area contributed by atoms with E-state index in [1.54, 1.807) is 0 Å². The Bertz CT molecular complexity index is 978. The zero-order valence-corrected chi connectivity index (χ0v) is 20.4. The van der Waals surface area contributed by atoms with Crippen molar-refractivity contribution in [2.45, 2.75) is 38.8 Å². The van der Waals surface area contributed by atoms with Crippen LogP contribution in [0.2, 0.25) is 0 Å². The zero-order valence-electron chi connectivity index (χ0n) is 17.1. The molecule has 0 atom stereocenters. The molecule has 4 rings (SSSR count). The highest BCUT2D eigenvalue weighted by molar-refractivity contribution is 8.77. The molecule has 4 heteroatoms. The van der Waals surface area contributed by atoms with E-state index in [-0.39, 0.29) is 0 Å². The van der Waals surface area contributed by atoms with Gasteiger partial charge < -0.3 is 0 Å². The maximum atomic E-state index is 2.28. The molecular weight excluding hydrogens is 453 g/mol. The van der Waals surface area contributed by atoms with E-state index in [1.807, 2.05) is 43.2 Å². The smallest absolute Gasteiger partial charge is 0.0218 e. The van der Waals surface area contributed by atoms with E-state index >= 15 is 0 Å². The quantitative estimate of drug-likeness (QED) is 0.209. The first-order chi connectivity index (χ1) is 15.4. The molecule has 0 saturated carbocycles. The summed E-state index contributed by atoms with van der Waals surface area (Å²) in [5.41, 5.74) is 2.89. The molecule has 0 unspecified atom stereocenters. The van der Waals surface area contributed by atoms with Crippen LogP contribution in [0.25, 0.3) is 0 Å². The summed E-state index contributed by atoms with van der Waals surface area (Å²) in [7, 11) is 7.40. The van der Waals surface area contributed by atoms with Crippen LogP contribution in [-0.4, -0.2) is 0 Å². The Morgan fingerprint density at radius 2 is 0.774 bits per heavy atom. The van der Waals surface area contributed by atoms with Crippen LogP contribution in [-0.2, 0) is 12.8 Å². The zero-order chi connectivity index (χ0) is 21.1. The molecule has 4 aromatic carbocycles. The Morgan fingerprint density at radius 1 is 0.387 bits per heavy atom. The number of benzene rings is 4. The first-order valence-corrected chi connectivity index (χ1v) is 14.6. The van der Waals surface area contributed by atoms with Crippen LogP contribution in [0.3, 0.4) is 0 Å². The summed E-state index contributed by atoms with van der Waals surface area (Å²) in [5.74, 6) is 0. The van der Waals surface area contributed by atoms with Crippen molar-refractivity contribution < 1.29 is 0 Å². The lowest BCUT2D eigenvalue weighted by molar-refractivity contribution is 0.799. The number of hydrogen-bond donors (Lipinski definition) is 0. The van der Waals surface area contributed by atoms with E-state index in [4.69, 9.17) is 0 Å². The molecular formula is C27H24S4. The molecule has 4 aromatic rings. The van der Waals surface area contributed by atoms with Gasteiger partial charge in [-0.15, -0.1) is 0 Å². The normalized spacial score (nSPS) is 10.8. The highest BCUT2D eigenvalue weighted by Gasteiger charge is 2.07. The maximum Gasteiger partial charge on any atom is 0.0218 e. The minimum atomic E-state index is 1.10. The van der Waals surface area contributed by atoms with Gasteiger partial charge in [-0.3, -0.25) is 0 Å². The van der Waals surface area contributed by atoms with Crippen LogP contribution in [0.5, 0.6) is 0 Å². The molecule has 0 amide bonds. The molecule has 0 N–H and O–H groups in total. The summed E-state index contributed by atoms with van der Waals surface area (Å²) >= 11 is 0. The number of rotatable bonds is 10. The molecule has 0 aliphatic rings. The third kappa shape index (κ3) is 7.15. The van der Waals surface area contributed by atoms with Crippen molar-refractivity contribution in [2.24, 2.45) is 0 Å². The molecule has 0 fully saturated rings. The summed E-state index contributed by atoms with van der Waals surface area (Å²) in [6.45, 7) is 0. The molecule has 0 nitrogen and oxygen atoms in total. The standard InChI is InChI=1S/C27H24S4/c1-3-16-24(17-4-1)28-30-26-20-9-7-12-22(26)14-11-15-23-13-8-10-21-27(23)31-29-25-18-5-2-6-19-25/h1-10,12-13,16-21H,11,14-15H2. The van der Waals surface area contributed by atoms with Crippen molar-refractivity contribution >= 4 is 43.2 Å². The fourth-order valence-electron chi connectivity index (χ4n) is 3.19. The van der Waals surface area contributed by atoms with Crippen LogP contribution in [0.4, 0.5) is 0 Å². The van der Waals surface area contributed by atoms with Gasteiger partial charge in [0.2, 0.25) is 0 Å². The number of hydrogen-bond acceptors (Lipinski definition) is 4. The summed E-state index contributed by atoms with van der Waals surface area (Å²) in [6.07, 6.45) is 3.36. The highest BCUT2D eigenvalue weighted by Crippen LogP contribution is 2.40. The molecule has 0 spiro atoms.